The highest BCUT2D eigenvalue weighted by Crippen LogP contribution is 2.34. The number of thioether (sulfide) groups is 1. The summed E-state index contributed by atoms with van der Waals surface area (Å²) in [5.41, 5.74) is 1.90. The minimum absolute atomic E-state index is 0.683. The Bertz CT molecular complexity index is 1070. The molecule has 0 atom stereocenters. The van der Waals surface area contributed by atoms with E-state index in [1.165, 1.54) is 5.56 Å². The van der Waals surface area contributed by atoms with Gasteiger partial charge in [-0.2, -0.15) is 0 Å². The molecule has 0 bridgehead atoms. The molecule has 7 heteroatoms. The SMILES string of the molecule is CCn1c(SCc2ccc(Cl)cc2)nnc1-c1cc2cccc(OC)c2o1. The van der Waals surface area contributed by atoms with E-state index < -0.39 is 0 Å². The Hall–Kier alpha value is -2.44. The molecule has 5 nitrogen and oxygen atoms in total. The minimum Gasteiger partial charge on any atom is -0.493 e. The first-order chi connectivity index (χ1) is 13.2. The van der Waals surface area contributed by atoms with Gasteiger partial charge in [-0.1, -0.05) is 47.6 Å². The van der Waals surface area contributed by atoms with Crippen molar-refractivity contribution in [2.75, 3.05) is 7.11 Å². The normalized spacial score (nSPS) is 11.2. The molecule has 27 heavy (non-hydrogen) atoms. The average molecular weight is 400 g/mol. The molecular formula is C20H18ClN3O2S. The van der Waals surface area contributed by atoms with E-state index in [-0.39, 0.29) is 0 Å². The van der Waals surface area contributed by atoms with Crippen molar-refractivity contribution >= 4 is 34.3 Å². The molecule has 0 spiro atoms. The molecule has 0 saturated carbocycles. The lowest BCUT2D eigenvalue weighted by Crippen LogP contribution is -1.99. The summed E-state index contributed by atoms with van der Waals surface area (Å²) >= 11 is 7.59. The van der Waals surface area contributed by atoms with Crippen molar-refractivity contribution in [1.82, 2.24) is 14.8 Å². The van der Waals surface area contributed by atoms with Crippen molar-refractivity contribution in [3.63, 3.8) is 0 Å². The molecule has 0 radical (unpaired) electrons. The standard InChI is InChI=1S/C20H18ClN3O2S/c1-3-24-19(17-11-14-5-4-6-16(25-2)18(14)26-17)22-23-20(24)27-12-13-7-9-15(21)10-8-13/h4-11H,3,12H2,1-2H3. The predicted octanol–water partition coefficient (Wildman–Crippen LogP) is 5.67. The summed E-state index contributed by atoms with van der Waals surface area (Å²) in [7, 11) is 1.64. The molecule has 0 aliphatic heterocycles. The summed E-state index contributed by atoms with van der Waals surface area (Å²) in [6.45, 7) is 2.82. The van der Waals surface area contributed by atoms with Crippen LogP contribution in [0.2, 0.25) is 5.02 Å². The second-order valence-corrected chi connectivity index (χ2v) is 7.33. The van der Waals surface area contributed by atoms with Crippen LogP contribution < -0.4 is 4.74 Å². The largest absolute Gasteiger partial charge is 0.493 e. The first-order valence-electron chi connectivity index (χ1n) is 8.57. The molecule has 138 valence electrons. The molecule has 2 heterocycles. The average Bonchev–Trinajstić information content (AvgIpc) is 3.30. The second kappa shape index (κ2) is 7.66. The number of hydrogen-bond donors (Lipinski definition) is 0. The fourth-order valence-electron chi connectivity index (χ4n) is 2.90. The van der Waals surface area contributed by atoms with Crippen LogP contribution in [0, 0.1) is 0 Å². The quantitative estimate of drug-likeness (QED) is 0.391. The highest BCUT2D eigenvalue weighted by Gasteiger charge is 2.18. The van der Waals surface area contributed by atoms with Crippen molar-refractivity contribution in [3.8, 4) is 17.3 Å². The van der Waals surface area contributed by atoms with Gasteiger partial charge in [-0.25, -0.2) is 0 Å². The predicted molar refractivity (Wildman–Crippen MR) is 108 cm³/mol. The number of methoxy groups -OCH3 is 1. The second-order valence-electron chi connectivity index (χ2n) is 5.95. The lowest BCUT2D eigenvalue weighted by molar-refractivity contribution is 0.410. The van der Waals surface area contributed by atoms with Crippen molar-refractivity contribution in [2.45, 2.75) is 24.4 Å². The molecule has 0 unspecified atom stereocenters. The van der Waals surface area contributed by atoms with Gasteiger partial charge in [0.25, 0.3) is 0 Å². The van der Waals surface area contributed by atoms with E-state index in [1.807, 2.05) is 48.5 Å². The molecule has 2 aromatic heterocycles. The number of furan rings is 1. The van der Waals surface area contributed by atoms with Crippen LogP contribution in [0.3, 0.4) is 0 Å². The molecule has 4 aromatic rings. The van der Waals surface area contributed by atoms with Gasteiger partial charge in [0.15, 0.2) is 22.2 Å². The number of para-hydroxylation sites is 1. The Morgan fingerprint density at radius 1 is 1.15 bits per heavy atom. The molecule has 2 aromatic carbocycles. The molecular weight excluding hydrogens is 382 g/mol. The van der Waals surface area contributed by atoms with Crippen LogP contribution in [0.1, 0.15) is 12.5 Å². The van der Waals surface area contributed by atoms with E-state index in [0.29, 0.717) is 17.3 Å². The van der Waals surface area contributed by atoms with Gasteiger partial charge in [-0.05, 0) is 36.8 Å². The number of rotatable bonds is 6. The Labute approximate surface area is 166 Å². The third-order valence-corrected chi connectivity index (χ3v) is 5.55. The van der Waals surface area contributed by atoms with Gasteiger partial charge >= 0.3 is 0 Å². The highest BCUT2D eigenvalue weighted by atomic mass is 35.5. The summed E-state index contributed by atoms with van der Waals surface area (Å²) in [6, 6.07) is 15.6. The van der Waals surface area contributed by atoms with E-state index in [9.17, 15) is 0 Å². The van der Waals surface area contributed by atoms with Gasteiger partial charge < -0.3 is 9.15 Å². The third kappa shape index (κ3) is 3.55. The highest BCUT2D eigenvalue weighted by molar-refractivity contribution is 7.98. The Morgan fingerprint density at radius 2 is 1.96 bits per heavy atom. The van der Waals surface area contributed by atoms with Gasteiger partial charge in [-0.15, -0.1) is 10.2 Å². The lowest BCUT2D eigenvalue weighted by Gasteiger charge is -2.06. The number of benzene rings is 2. The van der Waals surface area contributed by atoms with Crippen LogP contribution in [0.5, 0.6) is 5.75 Å². The Kier molecular flexibility index (Phi) is 5.09. The number of fused-ring (bicyclic) bond motifs is 1. The van der Waals surface area contributed by atoms with E-state index in [0.717, 1.165) is 33.4 Å². The zero-order chi connectivity index (χ0) is 18.8. The molecule has 0 aliphatic rings. The van der Waals surface area contributed by atoms with Gasteiger partial charge in [-0.3, -0.25) is 4.57 Å². The van der Waals surface area contributed by atoms with Crippen LogP contribution in [0.15, 0.2) is 58.1 Å². The van der Waals surface area contributed by atoms with Crippen LogP contribution in [0.25, 0.3) is 22.6 Å². The molecule has 4 rings (SSSR count). The summed E-state index contributed by atoms with van der Waals surface area (Å²) in [5, 5.41) is 11.3. The maximum Gasteiger partial charge on any atom is 0.200 e. The first-order valence-corrected chi connectivity index (χ1v) is 9.93. The van der Waals surface area contributed by atoms with Crippen LogP contribution in [-0.2, 0) is 12.3 Å². The topological polar surface area (TPSA) is 53.1 Å². The zero-order valence-corrected chi connectivity index (χ0v) is 16.5. The minimum atomic E-state index is 0.683. The van der Waals surface area contributed by atoms with Gasteiger partial charge in [0.2, 0.25) is 5.82 Å². The van der Waals surface area contributed by atoms with Gasteiger partial charge in [0, 0.05) is 22.7 Å². The summed E-state index contributed by atoms with van der Waals surface area (Å²) in [6.07, 6.45) is 0. The number of nitrogens with zero attached hydrogens (tertiary/aromatic N) is 3. The first kappa shape index (κ1) is 17.9. The van der Waals surface area contributed by atoms with Crippen LogP contribution in [-0.4, -0.2) is 21.9 Å². The number of hydrogen-bond acceptors (Lipinski definition) is 5. The van der Waals surface area contributed by atoms with E-state index in [2.05, 4.69) is 21.7 Å². The Balaban J connectivity index is 1.63. The fraction of sp³-hybridized carbons (Fsp3) is 0.200. The number of aromatic nitrogens is 3. The maximum atomic E-state index is 6.04. The van der Waals surface area contributed by atoms with Crippen molar-refractivity contribution in [1.29, 1.82) is 0 Å². The monoisotopic (exact) mass is 399 g/mol. The maximum absolute atomic E-state index is 6.04. The zero-order valence-electron chi connectivity index (χ0n) is 15.0. The van der Waals surface area contributed by atoms with E-state index in [4.69, 9.17) is 20.8 Å². The summed E-state index contributed by atoms with van der Waals surface area (Å²) < 4.78 is 13.5. The lowest BCUT2D eigenvalue weighted by atomic mass is 10.2. The third-order valence-electron chi connectivity index (χ3n) is 4.26. The summed E-state index contributed by atoms with van der Waals surface area (Å²) in [4.78, 5) is 0. The van der Waals surface area contributed by atoms with Crippen LogP contribution >= 0.6 is 23.4 Å². The van der Waals surface area contributed by atoms with Crippen molar-refractivity contribution < 1.29 is 9.15 Å². The van der Waals surface area contributed by atoms with E-state index >= 15 is 0 Å². The van der Waals surface area contributed by atoms with Gasteiger partial charge in [0.1, 0.15) is 0 Å². The molecule has 0 aliphatic carbocycles. The number of ether oxygens (including phenoxy) is 1. The molecule has 0 saturated heterocycles. The summed E-state index contributed by atoms with van der Waals surface area (Å²) in [5.74, 6) is 2.90. The Morgan fingerprint density at radius 3 is 2.70 bits per heavy atom. The van der Waals surface area contributed by atoms with E-state index in [1.54, 1.807) is 18.9 Å². The fourth-order valence-corrected chi connectivity index (χ4v) is 3.98. The molecule has 0 amide bonds. The number of halogens is 1. The van der Waals surface area contributed by atoms with Crippen molar-refractivity contribution in [2.24, 2.45) is 0 Å². The van der Waals surface area contributed by atoms with Gasteiger partial charge in [0.05, 0.1) is 7.11 Å². The molecule has 0 N–H and O–H groups in total. The smallest absolute Gasteiger partial charge is 0.200 e. The van der Waals surface area contributed by atoms with Crippen molar-refractivity contribution in [3.05, 3.63) is 59.1 Å². The van der Waals surface area contributed by atoms with Crippen LogP contribution in [0.4, 0.5) is 0 Å². The molecule has 0 fully saturated rings.